The van der Waals surface area contributed by atoms with Crippen LogP contribution < -0.4 is 15.2 Å². The van der Waals surface area contributed by atoms with Crippen LogP contribution in [0.1, 0.15) is 44.8 Å². The number of nitrogens with zero attached hydrogens (tertiary/aromatic N) is 3. The fraction of sp³-hybridized carbons (Fsp3) is 0.409. The van der Waals surface area contributed by atoms with Gasteiger partial charge >= 0.3 is 0 Å². The van der Waals surface area contributed by atoms with E-state index in [2.05, 4.69) is 4.98 Å². The van der Waals surface area contributed by atoms with Crippen molar-refractivity contribution in [1.82, 2.24) is 14.9 Å². The number of hydrogen-bond acceptors (Lipinski definition) is 7. The third kappa shape index (κ3) is 3.67. The molecule has 0 bridgehead atoms. The number of methoxy groups -OCH3 is 2. The standard InChI is InChI=1S/C22H26N4O3S/c1-12-21(30-13(2)24-12)22(27)26-7-5-14(6-8-26)20-16(23)9-15-10-18(28-3)19(29-4)11-17(15)25-20/h9-11,14H,5-8,23H2,1-4H3. The molecule has 1 aromatic carbocycles. The van der Waals surface area contributed by atoms with E-state index < -0.39 is 0 Å². The minimum absolute atomic E-state index is 0.0767. The lowest BCUT2D eigenvalue weighted by atomic mass is 9.91. The third-order valence-corrected chi connectivity index (χ3v) is 6.71. The predicted molar refractivity (Wildman–Crippen MR) is 119 cm³/mol. The van der Waals surface area contributed by atoms with E-state index in [0.717, 1.165) is 45.0 Å². The van der Waals surface area contributed by atoms with E-state index >= 15 is 0 Å². The molecule has 2 aromatic heterocycles. The first-order valence-electron chi connectivity index (χ1n) is 9.96. The van der Waals surface area contributed by atoms with Crippen molar-refractivity contribution >= 4 is 33.8 Å². The number of benzene rings is 1. The second-order valence-corrected chi connectivity index (χ2v) is 8.78. The largest absolute Gasteiger partial charge is 0.493 e. The van der Waals surface area contributed by atoms with Gasteiger partial charge in [0.05, 0.1) is 41.8 Å². The molecule has 0 radical (unpaired) electrons. The molecule has 0 aliphatic carbocycles. The average molecular weight is 427 g/mol. The summed E-state index contributed by atoms with van der Waals surface area (Å²) in [4.78, 5) is 24.8. The van der Waals surface area contributed by atoms with Crippen LogP contribution in [-0.2, 0) is 0 Å². The molecule has 0 spiro atoms. The van der Waals surface area contributed by atoms with Crippen LogP contribution in [0.4, 0.5) is 5.69 Å². The second kappa shape index (κ2) is 8.10. The zero-order chi connectivity index (χ0) is 21.4. The number of amides is 1. The fourth-order valence-electron chi connectivity index (χ4n) is 4.09. The number of thiazole rings is 1. The number of carbonyl (C=O) groups is 1. The highest BCUT2D eigenvalue weighted by molar-refractivity contribution is 7.13. The van der Waals surface area contributed by atoms with E-state index in [1.807, 2.05) is 36.9 Å². The monoisotopic (exact) mass is 426 g/mol. The highest BCUT2D eigenvalue weighted by atomic mass is 32.1. The summed E-state index contributed by atoms with van der Waals surface area (Å²) in [6, 6.07) is 5.72. The van der Waals surface area contributed by atoms with E-state index in [0.29, 0.717) is 30.3 Å². The highest BCUT2D eigenvalue weighted by Crippen LogP contribution is 2.36. The SMILES string of the molecule is COc1cc2cc(N)c(C3CCN(C(=O)c4sc(C)nc4C)CC3)nc2cc1OC. The Bertz CT molecular complexity index is 1100. The van der Waals surface area contributed by atoms with Gasteiger partial charge in [0.15, 0.2) is 11.5 Å². The first kappa shape index (κ1) is 20.4. The molecule has 2 N–H and O–H groups in total. The Morgan fingerprint density at radius 2 is 1.77 bits per heavy atom. The van der Waals surface area contributed by atoms with Crippen molar-refractivity contribution in [2.45, 2.75) is 32.6 Å². The van der Waals surface area contributed by atoms with Gasteiger partial charge in [-0.1, -0.05) is 0 Å². The number of aryl methyl sites for hydroxylation is 2. The Hall–Kier alpha value is -2.87. The number of aromatic nitrogens is 2. The van der Waals surface area contributed by atoms with Gasteiger partial charge in [-0.25, -0.2) is 4.98 Å². The van der Waals surface area contributed by atoms with Gasteiger partial charge in [0, 0.05) is 30.5 Å². The molecular formula is C22H26N4O3S. The number of pyridine rings is 1. The zero-order valence-corrected chi connectivity index (χ0v) is 18.5. The maximum Gasteiger partial charge on any atom is 0.265 e. The smallest absolute Gasteiger partial charge is 0.265 e. The topological polar surface area (TPSA) is 90.6 Å². The lowest BCUT2D eigenvalue weighted by molar-refractivity contribution is 0.0716. The third-order valence-electron chi connectivity index (χ3n) is 5.65. The molecular weight excluding hydrogens is 400 g/mol. The van der Waals surface area contributed by atoms with Crippen molar-refractivity contribution in [3.05, 3.63) is 39.5 Å². The van der Waals surface area contributed by atoms with Crippen LogP contribution in [-0.4, -0.2) is 48.1 Å². The molecule has 1 amide bonds. The Morgan fingerprint density at radius 3 is 2.37 bits per heavy atom. The molecule has 4 rings (SSSR count). The van der Waals surface area contributed by atoms with Gasteiger partial charge in [0.25, 0.3) is 5.91 Å². The Kier molecular flexibility index (Phi) is 5.51. The van der Waals surface area contributed by atoms with Crippen molar-refractivity contribution in [3.63, 3.8) is 0 Å². The summed E-state index contributed by atoms with van der Waals surface area (Å²) in [5.41, 5.74) is 9.57. The van der Waals surface area contributed by atoms with Crippen LogP contribution in [0.5, 0.6) is 11.5 Å². The molecule has 8 heteroatoms. The number of piperidine rings is 1. The van der Waals surface area contributed by atoms with Crippen LogP contribution in [0.2, 0.25) is 0 Å². The maximum atomic E-state index is 12.9. The van der Waals surface area contributed by atoms with Gasteiger partial charge in [-0.2, -0.15) is 0 Å². The average Bonchev–Trinajstić information content (AvgIpc) is 3.09. The van der Waals surface area contributed by atoms with Crippen molar-refractivity contribution in [2.24, 2.45) is 0 Å². The van der Waals surface area contributed by atoms with Crippen LogP contribution in [0.15, 0.2) is 18.2 Å². The number of carbonyl (C=O) groups excluding carboxylic acids is 1. The summed E-state index contributed by atoms with van der Waals surface area (Å²) in [5, 5.41) is 1.84. The number of fused-ring (bicyclic) bond motifs is 1. The fourth-order valence-corrected chi connectivity index (χ4v) is 4.98. The number of anilines is 1. The minimum atomic E-state index is 0.0767. The lowest BCUT2D eigenvalue weighted by Crippen LogP contribution is -2.38. The number of ether oxygens (including phenoxy) is 2. The number of nitrogens with two attached hydrogens (primary N) is 1. The molecule has 1 aliphatic rings. The zero-order valence-electron chi connectivity index (χ0n) is 17.7. The van der Waals surface area contributed by atoms with E-state index in [-0.39, 0.29) is 11.8 Å². The Morgan fingerprint density at radius 1 is 1.10 bits per heavy atom. The Balaban J connectivity index is 1.54. The molecule has 7 nitrogen and oxygen atoms in total. The van der Waals surface area contributed by atoms with Crippen molar-refractivity contribution in [3.8, 4) is 11.5 Å². The molecule has 158 valence electrons. The summed E-state index contributed by atoms with van der Waals surface area (Å²) in [5.74, 6) is 1.59. The predicted octanol–water partition coefficient (Wildman–Crippen LogP) is 3.93. The number of nitrogen functional groups attached to an aromatic ring is 1. The van der Waals surface area contributed by atoms with Crippen LogP contribution in [0.25, 0.3) is 10.9 Å². The van der Waals surface area contributed by atoms with Crippen molar-refractivity contribution in [1.29, 1.82) is 0 Å². The first-order valence-corrected chi connectivity index (χ1v) is 10.8. The van der Waals surface area contributed by atoms with Gasteiger partial charge in [-0.05, 0) is 38.8 Å². The van der Waals surface area contributed by atoms with Gasteiger partial charge < -0.3 is 20.1 Å². The lowest BCUT2D eigenvalue weighted by Gasteiger charge is -2.32. The van der Waals surface area contributed by atoms with Gasteiger partial charge in [0.2, 0.25) is 0 Å². The molecule has 0 saturated carbocycles. The van der Waals surface area contributed by atoms with Gasteiger partial charge in [0.1, 0.15) is 4.88 Å². The molecule has 30 heavy (non-hydrogen) atoms. The number of likely N-dealkylation sites (tertiary alicyclic amines) is 1. The number of rotatable bonds is 4. The van der Waals surface area contributed by atoms with Crippen LogP contribution in [0.3, 0.4) is 0 Å². The summed E-state index contributed by atoms with van der Waals surface area (Å²) in [6.07, 6.45) is 1.66. The van der Waals surface area contributed by atoms with Crippen LogP contribution >= 0.6 is 11.3 Å². The van der Waals surface area contributed by atoms with E-state index in [1.54, 1.807) is 14.2 Å². The first-order chi connectivity index (χ1) is 14.4. The van der Waals surface area contributed by atoms with Gasteiger partial charge in [-0.3, -0.25) is 9.78 Å². The summed E-state index contributed by atoms with van der Waals surface area (Å²) in [6.45, 7) is 5.20. The molecule has 0 atom stereocenters. The molecule has 3 heterocycles. The Labute approximate surface area is 179 Å². The second-order valence-electron chi connectivity index (χ2n) is 7.58. The van der Waals surface area contributed by atoms with Crippen LogP contribution in [0, 0.1) is 13.8 Å². The molecule has 1 fully saturated rings. The quantitative estimate of drug-likeness (QED) is 0.680. The molecule has 3 aromatic rings. The van der Waals surface area contributed by atoms with E-state index in [9.17, 15) is 4.79 Å². The highest BCUT2D eigenvalue weighted by Gasteiger charge is 2.28. The van der Waals surface area contributed by atoms with E-state index in [4.69, 9.17) is 20.2 Å². The summed E-state index contributed by atoms with van der Waals surface area (Å²) in [7, 11) is 3.22. The van der Waals surface area contributed by atoms with E-state index in [1.165, 1.54) is 11.3 Å². The molecule has 1 saturated heterocycles. The maximum absolute atomic E-state index is 12.9. The van der Waals surface area contributed by atoms with Crippen molar-refractivity contribution in [2.75, 3.05) is 33.0 Å². The minimum Gasteiger partial charge on any atom is -0.493 e. The van der Waals surface area contributed by atoms with Crippen molar-refractivity contribution < 1.29 is 14.3 Å². The summed E-state index contributed by atoms with van der Waals surface area (Å²) >= 11 is 1.47. The van der Waals surface area contributed by atoms with Gasteiger partial charge in [-0.15, -0.1) is 11.3 Å². The normalized spacial score (nSPS) is 14.9. The summed E-state index contributed by atoms with van der Waals surface area (Å²) < 4.78 is 10.8. The molecule has 1 aliphatic heterocycles. The number of hydrogen-bond donors (Lipinski definition) is 1. The molecule has 0 unspecified atom stereocenters.